The third-order valence-corrected chi connectivity index (χ3v) is 5.45. The first-order valence-corrected chi connectivity index (χ1v) is 10.8. The number of benzene rings is 3. The molecule has 0 unspecified atom stereocenters. The van der Waals surface area contributed by atoms with E-state index in [1.807, 2.05) is 106 Å². The largest absolute Gasteiger partial charge is 0.378 e. The summed E-state index contributed by atoms with van der Waals surface area (Å²) in [5, 5.41) is 0. The van der Waals surface area contributed by atoms with Gasteiger partial charge in [0.1, 0.15) is 11.5 Å². The highest BCUT2D eigenvalue weighted by molar-refractivity contribution is 6.32. The predicted octanol–water partition coefficient (Wildman–Crippen LogP) is 5.32. The standard InChI is InChI=1S/C28H28N4O/c1-30(2)23-15-10-21(11-16-23)14-19-27-29-26(20-22-12-17-24(18-13-22)31(3)4)28(33)32(27)25-8-6-5-7-9-25/h5-20H,1-4H3/b19-14+,26-20+. The Balaban J connectivity index is 1.67. The van der Waals surface area contributed by atoms with Crippen LogP contribution in [-0.2, 0) is 4.79 Å². The molecular weight excluding hydrogens is 408 g/mol. The summed E-state index contributed by atoms with van der Waals surface area (Å²) in [4.78, 5) is 23.8. The molecule has 0 atom stereocenters. The molecule has 3 aromatic rings. The number of amidine groups is 1. The predicted molar refractivity (Wildman–Crippen MR) is 140 cm³/mol. The van der Waals surface area contributed by atoms with Gasteiger partial charge in [-0.25, -0.2) is 4.99 Å². The number of nitrogens with zero attached hydrogens (tertiary/aromatic N) is 4. The van der Waals surface area contributed by atoms with Gasteiger partial charge >= 0.3 is 0 Å². The average Bonchev–Trinajstić information content (AvgIpc) is 3.13. The molecule has 5 nitrogen and oxygen atoms in total. The minimum atomic E-state index is -0.138. The molecule has 1 aliphatic rings. The monoisotopic (exact) mass is 436 g/mol. The molecule has 0 aromatic heterocycles. The maximum Gasteiger partial charge on any atom is 0.282 e. The van der Waals surface area contributed by atoms with Crippen molar-refractivity contribution in [2.45, 2.75) is 0 Å². The fraction of sp³-hybridized carbons (Fsp3) is 0.143. The van der Waals surface area contributed by atoms with Crippen molar-refractivity contribution in [2.75, 3.05) is 42.9 Å². The van der Waals surface area contributed by atoms with Crippen molar-refractivity contribution in [1.82, 2.24) is 0 Å². The van der Waals surface area contributed by atoms with E-state index < -0.39 is 0 Å². The molecule has 0 fully saturated rings. The minimum Gasteiger partial charge on any atom is -0.378 e. The van der Waals surface area contributed by atoms with Gasteiger partial charge in [0, 0.05) is 39.6 Å². The van der Waals surface area contributed by atoms with E-state index in [4.69, 9.17) is 0 Å². The molecule has 0 spiro atoms. The third kappa shape index (κ3) is 5.04. The second-order valence-corrected chi connectivity index (χ2v) is 8.28. The second kappa shape index (κ2) is 9.57. The lowest BCUT2D eigenvalue weighted by molar-refractivity contribution is -0.113. The maximum atomic E-state index is 13.3. The normalized spacial score (nSPS) is 14.8. The van der Waals surface area contributed by atoms with Gasteiger partial charge in [0.2, 0.25) is 0 Å². The first kappa shape index (κ1) is 22.1. The summed E-state index contributed by atoms with van der Waals surface area (Å²) >= 11 is 0. The fourth-order valence-corrected chi connectivity index (χ4v) is 3.55. The number of para-hydroxylation sites is 1. The lowest BCUT2D eigenvalue weighted by Gasteiger charge is -2.16. The van der Waals surface area contributed by atoms with Crippen LogP contribution >= 0.6 is 0 Å². The topological polar surface area (TPSA) is 39.1 Å². The molecule has 3 aromatic carbocycles. The first-order valence-electron chi connectivity index (χ1n) is 10.8. The van der Waals surface area contributed by atoms with Crippen molar-refractivity contribution in [3.05, 3.63) is 102 Å². The van der Waals surface area contributed by atoms with Gasteiger partial charge in [0.15, 0.2) is 0 Å². The summed E-state index contributed by atoms with van der Waals surface area (Å²) in [7, 11) is 8.04. The Hall–Kier alpha value is -4.12. The Kier molecular flexibility index (Phi) is 6.41. The Bertz CT molecular complexity index is 1210. The fourth-order valence-electron chi connectivity index (χ4n) is 3.55. The van der Waals surface area contributed by atoms with Gasteiger partial charge in [-0.05, 0) is 59.7 Å². The summed E-state index contributed by atoms with van der Waals surface area (Å²) in [6, 6.07) is 25.9. The van der Waals surface area contributed by atoms with Gasteiger partial charge in [-0.2, -0.15) is 0 Å². The zero-order chi connectivity index (χ0) is 23.4. The van der Waals surface area contributed by atoms with Crippen LogP contribution in [0.25, 0.3) is 12.2 Å². The second-order valence-electron chi connectivity index (χ2n) is 8.28. The Morgan fingerprint density at radius 3 is 1.79 bits per heavy atom. The molecule has 33 heavy (non-hydrogen) atoms. The van der Waals surface area contributed by atoms with Gasteiger partial charge < -0.3 is 9.80 Å². The lowest BCUT2D eigenvalue weighted by atomic mass is 10.1. The van der Waals surface area contributed by atoms with E-state index in [-0.39, 0.29) is 5.91 Å². The molecule has 0 radical (unpaired) electrons. The van der Waals surface area contributed by atoms with Crippen molar-refractivity contribution in [3.63, 3.8) is 0 Å². The van der Waals surface area contributed by atoms with Crippen molar-refractivity contribution >= 4 is 41.0 Å². The smallest absolute Gasteiger partial charge is 0.282 e. The molecule has 1 amide bonds. The zero-order valence-electron chi connectivity index (χ0n) is 19.4. The highest BCUT2D eigenvalue weighted by Gasteiger charge is 2.30. The molecular formula is C28H28N4O. The Morgan fingerprint density at radius 2 is 1.24 bits per heavy atom. The molecule has 1 heterocycles. The highest BCUT2D eigenvalue weighted by atomic mass is 16.2. The van der Waals surface area contributed by atoms with Gasteiger partial charge in [-0.15, -0.1) is 0 Å². The van der Waals surface area contributed by atoms with Crippen LogP contribution in [0, 0.1) is 0 Å². The van der Waals surface area contributed by atoms with E-state index in [1.165, 1.54) is 0 Å². The summed E-state index contributed by atoms with van der Waals surface area (Å²) in [6.45, 7) is 0. The summed E-state index contributed by atoms with van der Waals surface area (Å²) in [5.41, 5.74) is 5.43. The lowest BCUT2D eigenvalue weighted by Crippen LogP contribution is -2.30. The number of carbonyl (C=O) groups is 1. The van der Waals surface area contributed by atoms with E-state index in [0.29, 0.717) is 11.5 Å². The third-order valence-electron chi connectivity index (χ3n) is 5.45. The molecule has 0 saturated heterocycles. The molecule has 0 N–H and O–H groups in total. The maximum absolute atomic E-state index is 13.3. The van der Waals surface area contributed by atoms with Crippen LogP contribution in [0.15, 0.2) is 95.6 Å². The first-order chi connectivity index (χ1) is 15.9. The van der Waals surface area contributed by atoms with Crippen LogP contribution in [0.2, 0.25) is 0 Å². The van der Waals surface area contributed by atoms with Crippen LogP contribution in [0.1, 0.15) is 11.1 Å². The van der Waals surface area contributed by atoms with E-state index in [2.05, 4.69) is 34.2 Å². The van der Waals surface area contributed by atoms with Crippen LogP contribution in [0.5, 0.6) is 0 Å². The molecule has 5 heteroatoms. The van der Waals surface area contributed by atoms with Crippen LogP contribution in [0.3, 0.4) is 0 Å². The summed E-state index contributed by atoms with van der Waals surface area (Å²) in [5.74, 6) is 0.458. The SMILES string of the molecule is CN(C)c1ccc(/C=C/C2=NC(=C/c3ccc(N(C)C)cc3)/C(=O)N2c2ccccc2)cc1. The highest BCUT2D eigenvalue weighted by Crippen LogP contribution is 2.26. The molecule has 0 saturated carbocycles. The molecule has 0 aliphatic carbocycles. The number of anilines is 3. The van der Waals surface area contributed by atoms with Gasteiger partial charge in [-0.1, -0.05) is 48.5 Å². The van der Waals surface area contributed by atoms with Crippen molar-refractivity contribution in [2.24, 2.45) is 4.99 Å². The summed E-state index contributed by atoms with van der Waals surface area (Å²) in [6.07, 6.45) is 5.71. The van der Waals surface area contributed by atoms with Crippen LogP contribution in [0.4, 0.5) is 17.1 Å². The number of rotatable bonds is 6. The molecule has 1 aliphatic heterocycles. The van der Waals surface area contributed by atoms with Gasteiger partial charge in [0.25, 0.3) is 5.91 Å². The zero-order valence-corrected chi connectivity index (χ0v) is 19.4. The van der Waals surface area contributed by atoms with Crippen molar-refractivity contribution < 1.29 is 4.79 Å². The number of aliphatic imine (C=N–C) groups is 1. The van der Waals surface area contributed by atoms with Crippen LogP contribution < -0.4 is 14.7 Å². The van der Waals surface area contributed by atoms with E-state index in [1.54, 1.807) is 4.90 Å². The number of hydrogen-bond acceptors (Lipinski definition) is 4. The summed E-state index contributed by atoms with van der Waals surface area (Å²) < 4.78 is 0. The Labute approximate surface area is 195 Å². The van der Waals surface area contributed by atoms with E-state index >= 15 is 0 Å². The van der Waals surface area contributed by atoms with Crippen molar-refractivity contribution in [3.8, 4) is 0 Å². The number of hydrogen-bond donors (Lipinski definition) is 0. The van der Waals surface area contributed by atoms with Gasteiger partial charge in [-0.3, -0.25) is 9.69 Å². The van der Waals surface area contributed by atoms with Gasteiger partial charge in [0.05, 0.1) is 5.69 Å². The minimum absolute atomic E-state index is 0.138. The quantitative estimate of drug-likeness (QED) is 0.491. The van der Waals surface area contributed by atoms with E-state index in [0.717, 1.165) is 28.2 Å². The number of carbonyl (C=O) groups excluding carboxylic acids is 1. The van der Waals surface area contributed by atoms with Crippen LogP contribution in [-0.4, -0.2) is 39.9 Å². The number of amides is 1. The van der Waals surface area contributed by atoms with E-state index in [9.17, 15) is 4.79 Å². The molecule has 0 bridgehead atoms. The average molecular weight is 437 g/mol. The molecule has 4 rings (SSSR count). The molecule has 166 valence electrons. The Morgan fingerprint density at radius 1 is 0.697 bits per heavy atom. The van der Waals surface area contributed by atoms with Crippen molar-refractivity contribution in [1.29, 1.82) is 0 Å².